The third kappa shape index (κ3) is 3.39. The molecule has 5 aromatic rings. The van der Waals surface area contributed by atoms with Gasteiger partial charge in [0, 0.05) is 6.04 Å². The number of hydrogen-bond acceptors (Lipinski definition) is 6. The van der Waals surface area contributed by atoms with Crippen LogP contribution in [0.1, 0.15) is 54.8 Å². The maximum Gasteiger partial charge on any atom is 0.338 e. The van der Waals surface area contributed by atoms with E-state index in [0.717, 1.165) is 31.2 Å². The topological polar surface area (TPSA) is 91.9 Å². The number of fused-ring (bicyclic) bond motifs is 4. The third-order valence-corrected chi connectivity index (χ3v) is 6.79. The minimum Gasteiger partial charge on any atom is -0.462 e. The summed E-state index contributed by atoms with van der Waals surface area (Å²) in [5.74, 6) is 0.268. The van der Waals surface area contributed by atoms with Crippen LogP contribution in [-0.2, 0) is 4.74 Å². The van der Waals surface area contributed by atoms with Crippen LogP contribution < -0.4 is 5.56 Å². The van der Waals surface area contributed by atoms with Crippen molar-refractivity contribution < 1.29 is 9.53 Å². The largest absolute Gasteiger partial charge is 0.462 e. The van der Waals surface area contributed by atoms with Gasteiger partial charge in [0.15, 0.2) is 11.3 Å². The van der Waals surface area contributed by atoms with Gasteiger partial charge in [-0.05, 0) is 57.0 Å². The van der Waals surface area contributed by atoms with Crippen molar-refractivity contribution in [2.24, 2.45) is 0 Å². The standard InChI is InChI=1S/C27H25N5O3/c1-3-35-27(34)17-9-8-12-19(15-17)32-24-22(23-25(32)30-21-14-7-6-13-20(21)29-23)26(33)31(16(2)28-24)18-10-4-5-11-18/h6-9,12-15,18H,3-5,10-11H2,1-2H3. The number of aromatic nitrogens is 5. The molecule has 0 atom stereocenters. The van der Waals surface area contributed by atoms with E-state index in [1.165, 1.54) is 0 Å². The zero-order valence-electron chi connectivity index (χ0n) is 19.7. The van der Waals surface area contributed by atoms with E-state index in [0.29, 0.717) is 44.8 Å². The molecular weight excluding hydrogens is 442 g/mol. The van der Waals surface area contributed by atoms with E-state index in [-0.39, 0.29) is 18.2 Å². The van der Waals surface area contributed by atoms with Gasteiger partial charge in [0.1, 0.15) is 16.7 Å². The van der Waals surface area contributed by atoms with Gasteiger partial charge in [-0.1, -0.05) is 31.0 Å². The molecule has 1 fully saturated rings. The minimum absolute atomic E-state index is 0.0886. The van der Waals surface area contributed by atoms with Crippen molar-refractivity contribution in [2.75, 3.05) is 6.61 Å². The van der Waals surface area contributed by atoms with Gasteiger partial charge < -0.3 is 4.74 Å². The third-order valence-electron chi connectivity index (χ3n) is 6.79. The quantitative estimate of drug-likeness (QED) is 0.350. The maximum absolute atomic E-state index is 14.0. The van der Waals surface area contributed by atoms with Gasteiger partial charge in [0.25, 0.3) is 5.56 Å². The fourth-order valence-electron chi connectivity index (χ4n) is 5.23. The first-order valence-electron chi connectivity index (χ1n) is 12.0. The van der Waals surface area contributed by atoms with E-state index >= 15 is 0 Å². The molecule has 176 valence electrons. The summed E-state index contributed by atoms with van der Waals surface area (Å²) >= 11 is 0. The number of hydrogen-bond donors (Lipinski definition) is 0. The highest BCUT2D eigenvalue weighted by molar-refractivity contribution is 6.06. The van der Waals surface area contributed by atoms with Gasteiger partial charge >= 0.3 is 5.97 Å². The summed E-state index contributed by atoms with van der Waals surface area (Å²) in [6.07, 6.45) is 4.18. The second-order valence-corrected chi connectivity index (χ2v) is 8.96. The molecular formula is C27H25N5O3. The van der Waals surface area contributed by atoms with Crippen molar-refractivity contribution in [3.8, 4) is 5.69 Å². The van der Waals surface area contributed by atoms with Crippen molar-refractivity contribution >= 4 is 39.2 Å². The Hall–Kier alpha value is -4.07. The molecule has 1 aliphatic rings. The summed E-state index contributed by atoms with van der Waals surface area (Å²) in [5.41, 5.74) is 3.99. The summed E-state index contributed by atoms with van der Waals surface area (Å²) in [5, 5.41) is 0.456. The number of carbonyl (C=O) groups excluding carboxylic acids is 1. The lowest BCUT2D eigenvalue weighted by atomic mass is 10.2. The van der Waals surface area contributed by atoms with E-state index in [2.05, 4.69) is 0 Å². The van der Waals surface area contributed by atoms with E-state index in [1.54, 1.807) is 25.1 Å². The maximum atomic E-state index is 14.0. The van der Waals surface area contributed by atoms with Crippen LogP contribution in [0.4, 0.5) is 0 Å². The Labute approximate surface area is 201 Å². The Kier molecular flexibility index (Phi) is 5.09. The van der Waals surface area contributed by atoms with E-state index in [4.69, 9.17) is 19.7 Å². The molecule has 8 nitrogen and oxygen atoms in total. The van der Waals surface area contributed by atoms with Gasteiger partial charge in [-0.2, -0.15) is 0 Å². The lowest BCUT2D eigenvalue weighted by Crippen LogP contribution is -2.27. The number of carbonyl (C=O) groups is 1. The Morgan fingerprint density at radius 2 is 1.74 bits per heavy atom. The van der Waals surface area contributed by atoms with Crippen LogP contribution in [0.2, 0.25) is 0 Å². The van der Waals surface area contributed by atoms with Crippen molar-refractivity contribution in [3.63, 3.8) is 0 Å². The Morgan fingerprint density at radius 1 is 1.00 bits per heavy atom. The van der Waals surface area contributed by atoms with Crippen molar-refractivity contribution in [1.82, 2.24) is 24.1 Å². The summed E-state index contributed by atoms with van der Waals surface area (Å²) in [6.45, 7) is 3.95. The average molecular weight is 468 g/mol. The summed E-state index contributed by atoms with van der Waals surface area (Å²) < 4.78 is 8.87. The van der Waals surface area contributed by atoms with Crippen LogP contribution in [0.3, 0.4) is 0 Å². The highest BCUT2D eigenvalue weighted by atomic mass is 16.5. The molecule has 1 saturated carbocycles. The molecule has 6 rings (SSSR count). The van der Waals surface area contributed by atoms with Crippen LogP contribution in [0.5, 0.6) is 0 Å². The highest BCUT2D eigenvalue weighted by Crippen LogP contribution is 2.32. The molecule has 0 bridgehead atoms. The first-order valence-corrected chi connectivity index (χ1v) is 12.0. The predicted molar refractivity (Wildman–Crippen MR) is 134 cm³/mol. The first kappa shape index (κ1) is 21.5. The molecule has 2 aromatic carbocycles. The zero-order valence-corrected chi connectivity index (χ0v) is 19.7. The van der Waals surface area contributed by atoms with Gasteiger partial charge in [-0.15, -0.1) is 0 Å². The van der Waals surface area contributed by atoms with Crippen LogP contribution in [-0.4, -0.2) is 36.7 Å². The number of nitrogens with zero attached hydrogens (tertiary/aromatic N) is 5. The fraction of sp³-hybridized carbons (Fsp3) is 0.296. The van der Waals surface area contributed by atoms with Gasteiger partial charge in [-0.25, -0.2) is 19.7 Å². The molecule has 8 heteroatoms. The van der Waals surface area contributed by atoms with Crippen molar-refractivity contribution in [2.45, 2.75) is 45.6 Å². The monoisotopic (exact) mass is 467 g/mol. The minimum atomic E-state index is -0.403. The van der Waals surface area contributed by atoms with E-state index in [1.807, 2.05) is 46.4 Å². The molecule has 35 heavy (non-hydrogen) atoms. The molecule has 0 saturated heterocycles. The second kappa shape index (κ2) is 8.30. The normalized spacial score (nSPS) is 14.3. The number of para-hydroxylation sites is 2. The molecule has 0 unspecified atom stereocenters. The zero-order chi connectivity index (χ0) is 24.1. The number of benzene rings is 2. The molecule has 0 aliphatic heterocycles. The smallest absolute Gasteiger partial charge is 0.338 e. The summed E-state index contributed by atoms with van der Waals surface area (Å²) in [7, 11) is 0. The molecule has 0 amide bonds. The molecule has 3 heterocycles. The van der Waals surface area contributed by atoms with Crippen LogP contribution >= 0.6 is 0 Å². The summed E-state index contributed by atoms with van der Waals surface area (Å²) in [6, 6.07) is 14.9. The second-order valence-electron chi connectivity index (χ2n) is 8.96. The lowest BCUT2D eigenvalue weighted by Gasteiger charge is -2.16. The molecule has 0 N–H and O–H groups in total. The SMILES string of the molecule is CCOC(=O)c1cccc(-n2c3nc4ccccc4nc3c3c(=O)n(C4CCCC4)c(C)nc32)c1. The fourth-order valence-corrected chi connectivity index (χ4v) is 5.23. The Morgan fingerprint density at radius 3 is 2.49 bits per heavy atom. The Bertz CT molecular complexity index is 1680. The molecule has 1 aliphatic carbocycles. The van der Waals surface area contributed by atoms with E-state index < -0.39 is 5.97 Å². The van der Waals surface area contributed by atoms with Gasteiger partial charge in [-0.3, -0.25) is 13.9 Å². The predicted octanol–water partition coefficient (Wildman–Crippen LogP) is 4.88. The van der Waals surface area contributed by atoms with Crippen LogP contribution in [0.15, 0.2) is 53.3 Å². The van der Waals surface area contributed by atoms with Gasteiger partial charge in [0.2, 0.25) is 0 Å². The molecule has 3 aromatic heterocycles. The van der Waals surface area contributed by atoms with Gasteiger partial charge in [0.05, 0.1) is 28.9 Å². The number of rotatable bonds is 4. The first-order chi connectivity index (χ1) is 17.1. The number of ether oxygens (including phenoxy) is 1. The van der Waals surface area contributed by atoms with Crippen LogP contribution in [0.25, 0.3) is 38.9 Å². The Balaban J connectivity index is 1.72. The lowest BCUT2D eigenvalue weighted by molar-refractivity contribution is 0.0526. The molecule has 0 spiro atoms. The average Bonchev–Trinajstić information content (AvgIpc) is 3.49. The van der Waals surface area contributed by atoms with Crippen molar-refractivity contribution in [1.29, 1.82) is 0 Å². The van der Waals surface area contributed by atoms with Crippen molar-refractivity contribution in [3.05, 3.63) is 70.3 Å². The summed E-state index contributed by atoms with van der Waals surface area (Å²) in [4.78, 5) is 41.1. The highest BCUT2D eigenvalue weighted by Gasteiger charge is 2.26. The number of aryl methyl sites for hydroxylation is 1. The number of esters is 1. The molecule has 0 radical (unpaired) electrons. The van der Waals surface area contributed by atoms with E-state index in [9.17, 15) is 9.59 Å². The van der Waals surface area contributed by atoms with Crippen LogP contribution in [0, 0.1) is 6.92 Å².